The Morgan fingerprint density at radius 1 is 1.18 bits per heavy atom. The molecule has 1 aromatic carbocycles. The van der Waals surface area contributed by atoms with Gasteiger partial charge in [-0.2, -0.15) is 13.2 Å². The molecule has 3 aromatic rings. The van der Waals surface area contributed by atoms with E-state index < -0.39 is 17.8 Å². The lowest BCUT2D eigenvalue weighted by molar-refractivity contribution is -0.137. The molecule has 174 valence electrons. The number of nitrogen functional groups attached to an aromatic ring is 1. The first-order valence-electron chi connectivity index (χ1n) is 10.3. The van der Waals surface area contributed by atoms with Crippen LogP contribution in [0.15, 0.2) is 30.5 Å². The van der Waals surface area contributed by atoms with Crippen molar-refractivity contribution in [3.63, 3.8) is 0 Å². The van der Waals surface area contributed by atoms with Gasteiger partial charge in [0.25, 0.3) is 5.91 Å². The maximum atomic E-state index is 13.6. The van der Waals surface area contributed by atoms with E-state index in [1.165, 1.54) is 6.07 Å². The summed E-state index contributed by atoms with van der Waals surface area (Å²) in [6, 6.07) is 4.66. The molecule has 3 heterocycles. The quantitative estimate of drug-likeness (QED) is 0.533. The number of anilines is 1. The van der Waals surface area contributed by atoms with Gasteiger partial charge in [-0.05, 0) is 50.6 Å². The highest BCUT2D eigenvalue weighted by Crippen LogP contribution is 2.35. The van der Waals surface area contributed by atoms with Gasteiger partial charge < -0.3 is 15.4 Å². The van der Waals surface area contributed by atoms with Gasteiger partial charge in [0, 0.05) is 23.2 Å². The Morgan fingerprint density at radius 2 is 1.88 bits per heavy atom. The van der Waals surface area contributed by atoms with Crippen LogP contribution in [0.5, 0.6) is 0 Å². The van der Waals surface area contributed by atoms with Crippen LogP contribution in [-0.2, 0) is 24.1 Å². The van der Waals surface area contributed by atoms with Crippen molar-refractivity contribution in [1.82, 2.24) is 14.9 Å². The first-order valence-corrected chi connectivity index (χ1v) is 10.7. The van der Waals surface area contributed by atoms with E-state index in [2.05, 4.69) is 9.97 Å². The molecule has 0 fully saturated rings. The number of hydrogen-bond donors (Lipinski definition) is 1. The van der Waals surface area contributed by atoms with Crippen molar-refractivity contribution in [3.8, 4) is 0 Å². The maximum Gasteiger partial charge on any atom is 0.417 e. The predicted molar refractivity (Wildman–Crippen MR) is 119 cm³/mol. The lowest BCUT2D eigenvalue weighted by Gasteiger charge is -2.33. The number of halogens is 4. The number of fused-ring (bicyclic) bond motifs is 3. The van der Waals surface area contributed by atoms with Crippen LogP contribution in [0.2, 0.25) is 5.02 Å². The summed E-state index contributed by atoms with van der Waals surface area (Å²) in [6.07, 6.45) is -3.71. The van der Waals surface area contributed by atoms with E-state index in [0.29, 0.717) is 30.2 Å². The summed E-state index contributed by atoms with van der Waals surface area (Å²) in [5.74, 6) is 0.00605. The molecule has 1 aliphatic heterocycles. The van der Waals surface area contributed by atoms with Crippen molar-refractivity contribution < 1.29 is 22.7 Å². The molecule has 0 spiro atoms. The van der Waals surface area contributed by atoms with E-state index in [1.807, 2.05) is 13.8 Å². The van der Waals surface area contributed by atoms with Crippen molar-refractivity contribution in [2.45, 2.75) is 52.2 Å². The Hall–Kier alpha value is -2.91. The molecule has 0 bridgehead atoms. The minimum absolute atomic E-state index is 0.205. The van der Waals surface area contributed by atoms with Crippen LogP contribution < -0.4 is 5.73 Å². The van der Waals surface area contributed by atoms with Crippen molar-refractivity contribution in [3.05, 3.63) is 63.4 Å². The average molecular weight is 479 g/mol. The number of benzene rings is 1. The van der Waals surface area contributed by atoms with Gasteiger partial charge in [0.15, 0.2) is 0 Å². The van der Waals surface area contributed by atoms with Gasteiger partial charge >= 0.3 is 6.18 Å². The van der Waals surface area contributed by atoms with Gasteiger partial charge in [0.05, 0.1) is 46.6 Å². The Morgan fingerprint density at radius 3 is 2.48 bits per heavy atom. The molecule has 1 amide bonds. The number of nitrogens with two attached hydrogens (primary N) is 1. The first-order chi connectivity index (χ1) is 15.5. The number of hydrogen-bond acceptors (Lipinski definition) is 5. The van der Waals surface area contributed by atoms with Crippen LogP contribution >= 0.6 is 11.6 Å². The summed E-state index contributed by atoms with van der Waals surface area (Å²) >= 11 is 6.47. The maximum absolute atomic E-state index is 13.6. The van der Waals surface area contributed by atoms with Crippen molar-refractivity contribution in [1.29, 1.82) is 0 Å². The highest BCUT2D eigenvalue weighted by molar-refractivity contribution is 6.34. The van der Waals surface area contributed by atoms with Gasteiger partial charge in [0.1, 0.15) is 5.82 Å². The molecule has 4 rings (SSSR count). The summed E-state index contributed by atoms with van der Waals surface area (Å²) in [7, 11) is 0. The number of nitrogens with zero attached hydrogens (tertiary/aromatic N) is 3. The zero-order valence-corrected chi connectivity index (χ0v) is 19.0. The van der Waals surface area contributed by atoms with E-state index >= 15 is 0 Å². The highest BCUT2D eigenvalue weighted by Gasteiger charge is 2.32. The minimum atomic E-state index is -4.48. The van der Waals surface area contributed by atoms with Gasteiger partial charge in [-0.15, -0.1) is 0 Å². The number of carbonyl (C=O) groups is 1. The molecule has 2 N–H and O–H groups in total. The normalized spacial score (nSPS) is 14.5. The molecule has 1 unspecified atom stereocenters. The standard InChI is InChI=1S/C23H22ClF3N4O2/c1-11(2)31(12(3)19-5-4-13(8-29-19)23(25,26)27)22(32)15-6-14-16-9-33-10-17(16)21(28)30-20(14)7-18(15)24/h4-8,11-12H,9-10H2,1-3H3,(H2,28,30). The van der Waals surface area contributed by atoms with Crippen LogP contribution in [-0.4, -0.2) is 26.8 Å². The van der Waals surface area contributed by atoms with E-state index in [1.54, 1.807) is 24.0 Å². The zero-order chi connectivity index (χ0) is 24.1. The molecule has 0 radical (unpaired) electrons. The summed E-state index contributed by atoms with van der Waals surface area (Å²) in [4.78, 5) is 23.5. The largest absolute Gasteiger partial charge is 0.417 e. The van der Waals surface area contributed by atoms with E-state index in [0.717, 1.165) is 28.8 Å². The van der Waals surface area contributed by atoms with Crippen LogP contribution in [0.1, 0.15) is 59.6 Å². The number of rotatable bonds is 4. The van der Waals surface area contributed by atoms with Crippen LogP contribution in [0.4, 0.5) is 19.0 Å². The minimum Gasteiger partial charge on any atom is -0.383 e. The summed E-state index contributed by atoms with van der Waals surface area (Å²) in [6.45, 7) is 6.07. The molecule has 10 heteroatoms. The second-order valence-corrected chi connectivity index (χ2v) is 8.65. The number of alkyl halides is 3. The monoisotopic (exact) mass is 478 g/mol. The fourth-order valence-electron chi connectivity index (χ4n) is 4.12. The fraction of sp³-hybridized carbons (Fsp3) is 0.348. The third-order valence-corrected chi connectivity index (χ3v) is 6.11. The van der Waals surface area contributed by atoms with E-state index in [9.17, 15) is 18.0 Å². The molecule has 2 aromatic heterocycles. The Labute approximate surface area is 193 Å². The lowest BCUT2D eigenvalue weighted by atomic mass is 10.0. The molecule has 1 aliphatic rings. The lowest BCUT2D eigenvalue weighted by Crippen LogP contribution is -2.39. The smallest absolute Gasteiger partial charge is 0.383 e. The molecule has 6 nitrogen and oxygen atoms in total. The molecule has 1 atom stereocenters. The number of ether oxygens (including phenoxy) is 1. The third kappa shape index (κ3) is 4.22. The van der Waals surface area contributed by atoms with E-state index in [-0.39, 0.29) is 22.5 Å². The fourth-order valence-corrected chi connectivity index (χ4v) is 4.35. The Bertz CT molecular complexity index is 1230. The van der Waals surface area contributed by atoms with Gasteiger partial charge in [-0.1, -0.05) is 11.6 Å². The van der Waals surface area contributed by atoms with Gasteiger partial charge in [0.2, 0.25) is 0 Å². The molecule has 0 aliphatic carbocycles. The highest BCUT2D eigenvalue weighted by atomic mass is 35.5. The first kappa shape index (κ1) is 23.3. The third-order valence-electron chi connectivity index (χ3n) is 5.80. The number of amides is 1. The number of carbonyl (C=O) groups excluding carboxylic acids is 1. The second-order valence-electron chi connectivity index (χ2n) is 8.25. The SMILES string of the molecule is CC(C)N(C(=O)c1cc2c3c(c(N)nc2cc1Cl)COC3)C(C)c1ccc(C(F)(F)F)cn1. The molecule has 0 saturated heterocycles. The van der Waals surface area contributed by atoms with Crippen molar-refractivity contribution >= 4 is 34.2 Å². The van der Waals surface area contributed by atoms with Gasteiger partial charge in [-0.3, -0.25) is 9.78 Å². The van der Waals surface area contributed by atoms with Crippen molar-refractivity contribution in [2.24, 2.45) is 0 Å². The molecular weight excluding hydrogens is 457 g/mol. The molecular formula is C23H22ClF3N4O2. The van der Waals surface area contributed by atoms with E-state index in [4.69, 9.17) is 22.1 Å². The van der Waals surface area contributed by atoms with Crippen molar-refractivity contribution in [2.75, 3.05) is 5.73 Å². The number of aromatic nitrogens is 2. The summed E-state index contributed by atoms with van der Waals surface area (Å²) in [5.41, 5.74) is 8.01. The predicted octanol–water partition coefficient (Wildman–Crippen LogP) is 5.53. The topological polar surface area (TPSA) is 81.3 Å². The number of pyridine rings is 2. The summed E-state index contributed by atoms with van der Waals surface area (Å²) < 4.78 is 44.2. The van der Waals surface area contributed by atoms with Crippen LogP contribution in [0, 0.1) is 0 Å². The Kier molecular flexibility index (Phi) is 5.96. The van der Waals surface area contributed by atoms with Crippen LogP contribution in [0.3, 0.4) is 0 Å². The zero-order valence-electron chi connectivity index (χ0n) is 18.2. The van der Waals surface area contributed by atoms with Crippen LogP contribution in [0.25, 0.3) is 10.9 Å². The second kappa shape index (κ2) is 8.46. The average Bonchev–Trinajstić information content (AvgIpc) is 3.23. The summed E-state index contributed by atoms with van der Waals surface area (Å²) in [5, 5.41) is 0.935. The Balaban J connectivity index is 1.74. The van der Waals surface area contributed by atoms with Gasteiger partial charge in [-0.25, -0.2) is 4.98 Å². The molecule has 33 heavy (non-hydrogen) atoms. The molecule has 0 saturated carbocycles.